The summed E-state index contributed by atoms with van der Waals surface area (Å²) in [6.45, 7) is 3.53. The van der Waals surface area contributed by atoms with Crippen LogP contribution in [0.15, 0.2) is 36.9 Å². The maximum Gasteiger partial charge on any atom is 0.444 e. The second kappa shape index (κ2) is 7.77. The Bertz CT molecular complexity index is 571. The van der Waals surface area contributed by atoms with Crippen molar-refractivity contribution in [2.75, 3.05) is 5.94 Å². The predicted molar refractivity (Wildman–Crippen MR) is 77.8 cm³/mol. The van der Waals surface area contributed by atoms with Crippen LogP contribution in [0.4, 0.5) is 13.2 Å². The molecule has 7 heteroatoms. The van der Waals surface area contributed by atoms with Gasteiger partial charge in [-0.2, -0.15) is 23.7 Å². The monoisotopic (exact) mass is 326 g/mol. The summed E-state index contributed by atoms with van der Waals surface area (Å²) in [4.78, 5) is 0. The van der Waals surface area contributed by atoms with Gasteiger partial charge >= 0.3 is 5.51 Å². The van der Waals surface area contributed by atoms with Crippen LogP contribution in [0.25, 0.3) is 0 Å². The number of benzene rings is 1. The second-order valence-electron chi connectivity index (χ2n) is 4.47. The second-order valence-corrected chi connectivity index (χ2v) is 5.46. The van der Waals surface area contributed by atoms with Crippen molar-refractivity contribution >= 4 is 11.8 Å². The summed E-state index contributed by atoms with van der Waals surface area (Å²) >= 11 is -0.263. The van der Waals surface area contributed by atoms with Gasteiger partial charge in [0.1, 0.15) is 11.7 Å². The number of nitriles is 2. The van der Waals surface area contributed by atoms with Crippen molar-refractivity contribution in [2.45, 2.75) is 18.3 Å². The van der Waals surface area contributed by atoms with Crippen LogP contribution in [-0.2, 0) is 6.42 Å². The van der Waals surface area contributed by atoms with E-state index in [1.54, 1.807) is 12.1 Å². The molecule has 0 radical (unpaired) electrons. The number of thioether (sulfide) groups is 1. The first kappa shape index (κ1) is 17.9. The molecule has 0 fully saturated rings. The van der Waals surface area contributed by atoms with Crippen molar-refractivity contribution in [1.82, 2.24) is 0 Å². The molecule has 0 heterocycles. The topological polar surface area (TPSA) is 56.8 Å². The first-order valence-corrected chi connectivity index (χ1v) is 7.18. The Labute approximate surface area is 131 Å². The summed E-state index contributed by atoms with van der Waals surface area (Å²) in [6.07, 6.45) is 1.96. The molecule has 0 bridgehead atoms. The van der Waals surface area contributed by atoms with Gasteiger partial charge in [0.25, 0.3) is 0 Å². The molecule has 3 nitrogen and oxygen atoms in total. The fourth-order valence-electron chi connectivity index (χ4n) is 1.73. The highest BCUT2D eigenvalue weighted by Gasteiger charge is 2.29. The van der Waals surface area contributed by atoms with Crippen molar-refractivity contribution < 1.29 is 17.9 Å². The molecule has 0 saturated carbocycles. The van der Waals surface area contributed by atoms with Crippen LogP contribution in [0.1, 0.15) is 12.0 Å². The minimum Gasteiger partial charge on any atom is -0.483 e. The number of rotatable bonds is 7. The van der Waals surface area contributed by atoms with Gasteiger partial charge in [-0.15, -0.1) is 6.58 Å². The summed E-state index contributed by atoms with van der Waals surface area (Å²) in [5.74, 6) is -0.233. The highest BCUT2D eigenvalue weighted by Crippen LogP contribution is 2.31. The van der Waals surface area contributed by atoms with Gasteiger partial charge in [-0.3, -0.25) is 0 Å². The van der Waals surface area contributed by atoms with Crippen LogP contribution in [0.3, 0.4) is 0 Å². The number of ether oxygens (including phenoxy) is 1. The van der Waals surface area contributed by atoms with Gasteiger partial charge in [0.2, 0.25) is 0 Å². The van der Waals surface area contributed by atoms with Crippen LogP contribution in [0.2, 0.25) is 0 Å². The van der Waals surface area contributed by atoms with E-state index in [-0.39, 0.29) is 24.6 Å². The standard InChI is InChI=1S/C15H13F3N2OS/c1-2-7-14(9-19,10-20)8-12-3-5-13(6-4-12)21-11-22-15(16,17)18/h2-6H,1,7-8,11H2. The zero-order valence-corrected chi connectivity index (χ0v) is 12.4. The Hall–Kier alpha value is -2.12. The lowest BCUT2D eigenvalue weighted by molar-refractivity contribution is -0.0336. The number of hydrogen-bond acceptors (Lipinski definition) is 4. The van der Waals surface area contributed by atoms with Crippen molar-refractivity contribution in [3.8, 4) is 17.9 Å². The van der Waals surface area contributed by atoms with Crippen LogP contribution in [0.5, 0.6) is 5.75 Å². The van der Waals surface area contributed by atoms with Gasteiger partial charge < -0.3 is 4.74 Å². The van der Waals surface area contributed by atoms with E-state index in [1.165, 1.54) is 18.2 Å². The van der Waals surface area contributed by atoms with Crippen LogP contribution in [-0.4, -0.2) is 11.4 Å². The van der Waals surface area contributed by atoms with Gasteiger partial charge in [-0.1, -0.05) is 18.2 Å². The molecule has 0 aromatic heterocycles. The van der Waals surface area contributed by atoms with Crippen molar-refractivity contribution in [3.05, 3.63) is 42.5 Å². The Kier molecular flexibility index (Phi) is 6.33. The zero-order valence-electron chi connectivity index (χ0n) is 11.6. The van der Waals surface area contributed by atoms with Crippen molar-refractivity contribution in [3.63, 3.8) is 0 Å². The largest absolute Gasteiger partial charge is 0.483 e. The minimum absolute atomic E-state index is 0.212. The first-order chi connectivity index (χ1) is 10.3. The molecular weight excluding hydrogens is 313 g/mol. The van der Waals surface area contributed by atoms with E-state index in [0.717, 1.165) is 5.56 Å². The molecule has 0 amide bonds. The summed E-state index contributed by atoms with van der Waals surface area (Å²) in [7, 11) is 0. The normalized spacial score (nSPS) is 11.3. The van der Waals surface area contributed by atoms with Crippen LogP contribution >= 0.6 is 11.8 Å². The molecule has 116 valence electrons. The molecule has 22 heavy (non-hydrogen) atoms. The Balaban J connectivity index is 2.67. The lowest BCUT2D eigenvalue weighted by Crippen LogP contribution is -2.18. The van der Waals surface area contributed by atoms with E-state index >= 15 is 0 Å². The van der Waals surface area contributed by atoms with E-state index in [0.29, 0.717) is 5.75 Å². The maximum atomic E-state index is 12.0. The number of halogens is 3. The average Bonchev–Trinajstić information content (AvgIpc) is 2.47. The molecule has 0 aliphatic rings. The van der Waals surface area contributed by atoms with E-state index < -0.39 is 16.9 Å². The molecular formula is C15H13F3N2OS. The van der Waals surface area contributed by atoms with Gasteiger partial charge in [0, 0.05) is 6.42 Å². The Morgan fingerprint density at radius 3 is 2.23 bits per heavy atom. The molecule has 0 N–H and O–H groups in total. The van der Waals surface area contributed by atoms with Crippen molar-refractivity contribution in [2.24, 2.45) is 5.41 Å². The lowest BCUT2D eigenvalue weighted by atomic mass is 9.81. The van der Waals surface area contributed by atoms with Crippen LogP contribution < -0.4 is 4.74 Å². The smallest absolute Gasteiger partial charge is 0.444 e. The fourth-order valence-corrected chi connectivity index (χ4v) is 2.06. The third-order valence-corrected chi connectivity index (χ3v) is 3.36. The Morgan fingerprint density at radius 2 is 1.77 bits per heavy atom. The molecule has 0 unspecified atom stereocenters. The minimum atomic E-state index is -4.33. The Morgan fingerprint density at radius 1 is 1.18 bits per heavy atom. The summed E-state index contributed by atoms with van der Waals surface area (Å²) in [5, 5.41) is 18.3. The van der Waals surface area contributed by atoms with Crippen LogP contribution in [0, 0.1) is 28.1 Å². The first-order valence-electron chi connectivity index (χ1n) is 6.20. The molecule has 0 aliphatic carbocycles. The highest BCUT2D eigenvalue weighted by molar-refractivity contribution is 8.00. The van der Waals surface area contributed by atoms with E-state index in [4.69, 9.17) is 15.3 Å². The lowest BCUT2D eigenvalue weighted by Gasteiger charge is -2.16. The van der Waals surface area contributed by atoms with E-state index in [1.807, 2.05) is 12.1 Å². The molecule has 0 atom stereocenters. The number of hydrogen-bond donors (Lipinski definition) is 0. The molecule has 1 rings (SSSR count). The van der Waals surface area contributed by atoms with E-state index in [2.05, 4.69) is 6.58 Å². The number of allylic oxidation sites excluding steroid dienone is 1. The van der Waals surface area contributed by atoms with Gasteiger partial charge in [0.15, 0.2) is 5.41 Å². The molecule has 1 aromatic carbocycles. The third-order valence-electron chi connectivity index (χ3n) is 2.80. The number of nitrogens with zero attached hydrogens (tertiary/aromatic N) is 2. The summed E-state index contributed by atoms with van der Waals surface area (Å²) in [5.41, 5.74) is -4.79. The highest BCUT2D eigenvalue weighted by atomic mass is 32.2. The maximum absolute atomic E-state index is 12.0. The van der Waals surface area contributed by atoms with Gasteiger partial charge in [0.05, 0.1) is 12.1 Å². The molecule has 1 aromatic rings. The number of alkyl halides is 3. The summed E-state index contributed by atoms with van der Waals surface area (Å²) in [6, 6.07) is 10.3. The van der Waals surface area contributed by atoms with Crippen molar-refractivity contribution in [1.29, 1.82) is 10.5 Å². The molecule has 0 spiro atoms. The fraction of sp³-hybridized carbons (Fsp3) is 0.333. The quantitative estimate of drug-likeness (QED) is 0.549. The summed E-state index contributed by atoms with van der Waals surface area (Å²) < 4.78 is 40.9. The molecule has 0 aliphatic heterocycles. The SMILES string of the molecule is C=CCC(C#N)(C#N)Cc1ccc(OCSC(F)(F)F)cc1. The van der Waals surface area contributed by atoms with E-state index in [9.17, 15) is 13.2 Å². The third kappa shape index (κ3) is 5.71. The predicted octanol–water partition coefficient (Wildman–Crippen LogP) is 4.43. The zero-order chi connectivity index (χ0) is 16.6. The van der Waals surface area contributed by atoms with Gasteiger partial charge in [-0.25, -0.2) is 0 Å². The average molecular weight is 326 g/mol. The molecule has 0 saturated heterocycles. The van der Waals surface area contributed by atoms with Gasteiger partial charge in [-0.05, 0) is 35.9 Å².